The molecule has 0 saturated heterocycles. The maximum atomic E-state index is 12.6. The highest BCUT2D eigenvalue weighted by Crippen LogP contribution is 2.19. The zero-order valence-corrected chi connectivity index (χ0v) is 15.8. The van der Waals surface area contributed by atoms with Gasteiger partial charge in [0.05, 0.1) is 12.5 Å². The Morgan fingerprint density at radius 3 is 2.11 bits per heavy atom. The Bertz CT molecular complexity index is 906. The Balaban J connectivity index is 1.66. The third-order valence-electron chi connectivity index (χ3n) is 4.43. The van der Waals surface area contributed by atoms with Crippen LogP contribution in [0, 0.1) is 6.92 Å². The maximum Gasteiger partial charge on any atom is 0.308 e. The number of aryl methyl sites for hydroxylation is 1. The second-order valence-electron chi connectivity index (χ2n) is 6.65. The number of nitrogens with one attached hydrogen (secondary N) is 1. The monoisotopic (exact) mass is 373 g/mol. The minimum atomic E-state index is -0.459. The van der Waals surface area contributed by atoms with Crippen molar-refractivity contribution >= 4 is 11.9 Å². The minimum absolute atomic E-state index is 0.0639. The summed E-state index contributed by atoms with van der Waals surface area (Å²) < 4.78 is 5.42. The predicted molar refractivity (Wildman–Crippen MR) is 109 cm³/mol. The maximum absolute atomic E-state index is 12.6. The molecule has 0 aliphatic heterocycles. The Hall–Kier alpha value is -3.40. The van der Waals surface area contributed by atoms with E-state index in [0.717, 1.165) is 16.7 Å². The first-order chi connectivity index (χ1) is 13.6. The van der Waals surface area contributed by atoms with Gasteiger partial charge in [-0.25, -0.2) is 0 Å². The molecule has 0 aromatic heterocycles. The van der Waals surface area contributed by atoms with Gasteiger partial charge in [0.15, 0.2) is 0 Å². The summed E-state index contributed by atoms with van der Waals surface area (Å²) in [6, 6.07) is 25.8. The van der Waals surface area contributed by atoms with Crippen LogP contribution in [0.3, 0.4) is 0 Å². The van der Waals surface area contributed by atoms with E-state index in [1.54, 1.807) is 12.1 Å². The lowest BCUT2D eigenvalue weighted by molar-refractivity contribution is -0.145. The minimum Gasteiger partial charge on any atom is -0.461 e. The lowest BCUT2D eigenvalue weighted by Gasteiger charge is -2.19. The number of amides is 1. The molecule has 1 atom stereocenters. The van der Waals surface area contributed by atoms with Crippen LogP contribution in [0.1, 0.15) is 39.5 Å². The van der Waals surface area contributed by atoms with Crippen molar-refractivity contribution < 1.29 is 14.3 Å². The highest BCUT2D eigenvalue weighted by Gasteiger charge is 2.20. The molecule has 142 valence electrons. The predicted octanol–water partition coefficient (Wildman–Crippen LogP) is 4.60. The molecule has 4 heteroatoms. The topological polar surface area (TPSA) is 55.4 Å². The molecule has 1 unspecified atom stereocenters. The number of benzene rings is 3. The van der Waals surface area contributed by atoms with E-state index in [0.29, 0.717) is 5.56 Å². The number of carbonyl (C=O) groups excluding carboxylic acids is 2. The van der Waals surface area contributed by atoms with Gasteiger partial charge in [-0.15, -0.1) is 0 Å². The normalized spacial score (nSPS) is 11.5. The van der Waals surface area contributed by atoms with E-state index in [2.05, 4.69) is 5.32 Å². The largest absolute Gasteiger partial charge is 0.461 e. The average molecular weight is 373 g/mol. The molecule has 0 aliphatic carbocycles. The van der Waals surface area contributed by atoms with Crippen molar-refractivity contribution in [2.45, 2.75) is 26.0 Å². The van der Waals surface area contributed by atoms with Gasteiger partial charge in [0.2, 0.25) is 0 Å². The summed E-state index contributed by atoms with van der Waals surface area (Å²) in [5, 5.41) is 2.95. The van der Waals surface area contributed by atoms with Gasteiger partial charge in [-0.1, -0.05) is 78.4 Å². The standard InChI is InChI=1S/C24H23NO3/c1-18-12-14-19(15-13-18)17-28-23(26)16-22(20-8-4-2-5-9-20)25-24(27)21-10-6-3-7-11-21/h2-15,22H,16-17H2,1H3,(H,25,27). The molecule has 0 bridgehead atoms. The van der Waals surface area contributed by atoms with Crippen molar-refractivity contribution in [2.75, 3.05) is 0 Å². The van der Waals surface area contributed by atoms with Crippen LogP contribution >= 0.6 is 0 Å². The summed E-state index contributed by atoms with van der Waals surface area (Å²) in [5.41, 5.74) is 3.50. The van der Waals surface area contributed by atoms with Crippen LogP contribution in [0.5, 0.6) is 0 Å². The lowest BCUT2D eigenvalue weighted by atomic mass is 10.0. The molecule has 0 aliphatic rings. The number of hydrogen-bond acceptors (Lipinski definition) is 3. The molecule has 0 heterocycles. The van der Waals surface area contributed by atoms with Gasteiger partial charge in [0, 0.05) is 5.56 Å². The van der Waals surface area contributed by atoms with Crippen molar-refractivity contribution in [1.29, 1.82) is 0 Å². The summed E-state index contributed by atoms with van der Waals surface area (Å²) in [7, 11) is 0. The fraction of sp³-hybridized carbons (Fsp3) is 0.167. The molecule has 1 amide bonds. The summed E-state index contributed by atoms with van der Waals surface area (Å²) in [4.78, 5) is 25.0. The quantitative estimate of drug-likeness (QED) is 0.616. The smallest absolute Gasteiger partial charge is 0.308 e. The average Bonchev–Trinajstić information content (AvgIpc) is 2.74. The molecular formula is C24H23NO3. The summed E-state index contributed by atoms with van der Waals surface area (Å²) in [6.45, 7) is 2.23. The lowest BCUT2D eigenvalue weighted by Crippen LogP contribution is -2.30. The van der Waals surface area contributed by atoms with E-state index in [9.17, 15) is 9.59 Å². The van der Waals surface area contributed by atoms with Gasteiger partial charge in [0.25, 0.3) is 5.91 Å². The van der Waals surface area contributed by atoms with Crippen molar-refractivity contribution in [2.24, 2.45) is 0 Å². The van der Waals surface area contributed by atoms with Crippen molar-refractivity contribution in [3.8, 4) is 0 Å². The van der Waals surface area contributed by atoms with Crippen LogP contribution in [0.2, 0.25) is 0 Å². The molecule has 0 radical (unpaired) electrons. The second-order valence-corrected chi connectivity index (χ2v) is 6.65. The first-order valence-electron chi connectivity index (χ1n) is 9.24. The number of carbonyl (C=O) groups is 2. The Morgan fingerprint density at radius 1 is 0.857 bits per heavy atom. The molecule has 3 aromatic rings. The molecular weight excluding hydrogens is 350 g/mol. The Morgan fingerprint density at radius 2 is 1.46 bits per heavy atom. The van der Waals surface area contributed by atoms with E-state index < -0.39 is 6.04 Å². The second kappa shape index (κ2) is 9.51. The Kier molecular flexibility index (Phi) is 6.58. The van der Waals surface area contributed by atoms with Gasteiger partial charge in [-0.3, -0.25) is 9.59 Å². The highest BCUT2D eigenvalue weighted by atomic mass is 16.5. The van der Waals surface area contributed by atoms with Crippen LogP contribution in [0.25, 0.3) is 0 Å². The van der Waals surface area contributed by atoms with Gasteiger partial charge in [-0.05, 0) is 30.2 Å². The van der Waals surface area contributed by atoms with Crippen LogP contribution in [-0.2, 0) is 16.1 Å². The van der Waals surface area contributed by atoms with Crippen LogP contribution in [-0.4, -0.2) is 11.9 Å². The van der Waals surface area contributed by atoms with E-state index >= 15 is 0 Å². The van der Waals surface area contributed by atoms with Crippen molar-refractivity contribution in [3.63, 3.8) is 0 Å². The molecule has 0 fully saturated rings. The van der Waals surface area contributed by atoms with Gasteiger partial charge in [0.1, 0.15) is 6.61 Å². The van der Waals surface area contributed by atoms with E-state index in [4.69, 9.17) is 4.74 Å². The number of ether oxygens (including phenoxy) is 1. The molecule has 0 saturated carbocycles. The SMILES string of the molecule is Cc1ccc(COC(=O)CC(NC(=O)c2ccccc2)c2ccccc2)cc1. The van der Waals surface area contributed by atoms with E-state index in [1.807, 2.05) is 79.7 Å². The summed E-state index contributed by atoms with van der Waals surface area (Å²) in [6.07, 6.45) is 0.0639. The first-order valence-corrected chi connectivity index (χ1v) is 9.24. The fourth-order valence-corrected chi connectivity index (χ4v) is 2.84. The van der Waals surface area contributed by atoms with E-state index in [-0.39, 0.29) is 24.9 Å². The molecule has 28 heavy (non-hydrogen) atoms. The van der Waals surface area contributed by atoms with Gasteiger partial charge < -0.3 is 10.1 Å². The van der Waals surface area contributed by atoms with Gasteiger partial charge >= 0.3 is 5.97 Å². The fourth-order valence-electron chi connectivity index (χ4n) is 2.84. The zero-order chi connectivity index (χ0) is 19.8. The third-order valence-corrected chi connectivity index (χ3v) is 4.43. The molecule has 1 N–H and O–H groups in total. The number of rotatable bonds is 7. The van der Waals surface area contributed by atoms with Gasteiger partial charge in [-0.2, -0.15) is 0 Å². The molecule has 3 aromatic carbocycles. The first kappa shape index (κ1) is 19.4. The summed E-state index contributed by atoms with van der Waals surface area (Å²) >= 11 is 0. The molecule has 3 rings (SSSR count). The summed E-state index contributed by atoms with van der Waals surface area (Å²) in [5.74, 6) is -0.580. The van der Waals surface area contributed by atoms with Crippen molar-refractivity contribution in [3.05, 3.63) is 107 Å². The number of hydrogen-bond donors (Lipinski definition) is 1. The van der Waals surface area contributed by atoms with E-state index in [1.165, 1.54) is 0 Å². The third kappa shape index (κ3) is 5.55. The zero-order valence-electron chi connectivity index (χ0n) is 15.8. The Labute approximate surface area is 165 Å². The molecule has 4 nitrogen and oxygen atoms in total. The van der Waals surface area contributed by atoms with Crippen molar-refractivity contribution in [1.82, 2.24) is 5.32 Å². The van der Waals surface area contributed by atoms with Crippen LogP contribution in [0.15, 0.2) is 84.9 Å². The van der Waals surface area contributed by atoms with Crippen LogP contribution in [0.4, 0.5) is 0 Å². The number of esters is 1. The molecule has 0 spiro atoms. The highest BCUT2D eigenvalue weighted by molar-refractivity contribution is 5.94. The van der Waals surface area contributed by atoms with Crippen LogP contribution < -0.4 is 5.32 Å².